The Morgan fingerprint density at radius 1 is 0.536 bits per heavy atom. The molecule has 0 aromatic heterocycles. The molecule has 1 saturated carbocycles. The molecule has 2 saturated heterocycles. The summed E-state index contributed by atoms with van der Waals surface area (Å²) in [4.78, 5) is 85.7. The summed E-state index contributed by atoms with van der Waals surface area (Å²) >= 11 is 0. The zero-order chi connectivity index (χ0) is 38.8. The highest BCUT2D eigenvalue weighted by molar-refractivity contribution is 6.24. The van der Waals surface area contributed by atoms with Crippen molar-refractivity contribution in [3.8, 4) is 5.75 Å². The number of carbonyl (C=O) groups is 6. The Morgan fingerprint density at radius 3 is 1.55 bits per heavy atom. The van der Waals surface area contributed by atoms with Gasteiger partial charge in [-0.2, -0.15) is 0 Å². The van der Waals surface area contributed by atoms with Gasteiger partial charge < -0.3 is 5.11 Å². The maximum Gasteiger partial charge on any atom is 0.238 e. The second-order valence-electron chi connectivity index (χ2n) is 14.7. The summed E-state index contributed by atoms with van der Waals surface area (Å²) in [5, 5.41) is 11.1. The third kappa shape index (κ3) is 5.43. The van der Waals surface area contributed by atoms with E-state index < -0.39 is 70.7 Å². The minimum atomic E-state index is -1.03. The summed E-state index contributed by atoms with van der Waals surface area (Å²) in [7, 11) is 0. The number of carbonyl (C=O) groups excluding carboxylic acids is 6. The molecule has 4 amide bonds. The molecule has 9 nitrogen and oxygen atoms in total. The Labute approximate surface area is 320 Å². The zero-order valence-corrected chi connectivity index (χ0v) is 29.7. The molecule has 2 heterocycles. The summed E-state index contributed by atoms with van der Waals surface area (Å²) in [6.45, 7) is 0. The molecule has 9 rings (SSSR count). The first-order valence-corrected chi connectivity index (χ1v) is 18.5. The molecule has 56 heavy (non-hydrogen) atoms. The number of allylic oxidation sites excluding steroid dienone is 2. The van der Waals surface area contributed by atoms with Crippen LogP contribution in [0.2, 0.25) is 0 Å². The number of imide groups is 2. The fourth-order valence-electron chi connectivity index (χ4n) is 9.26. The summed E-state index contributed by atoms with van der Waals surface area (Å²) in [5.41, 5.74) is 3.03. The van der Waals surface area contributed by atoms with Crippen LogP contribution in [0, 0.1) is 35.4 Å². The predicted molar refractivity (Wildman–Crippen MR) is 203 cm³/mol. The number of nitrogens with zero attached hydrogens (tertiary/aromatic N) is 2. The summed E-state index contributed by atoms with van der Waals surface area (Å²) in [5.74, 6) is -9.17. The van der Waals surface area contributed by atoms with Crippen molar-refractivity contribution in [2.24, 2.45) is 29.6 Å². The Hall–Kier alpha value is -6.81. The normalized spacial score (nSPS) is 24.1. The standard InChI is InChI=1S/C46H33FN2O7/c47-36-13-7-12-32(42(36)52)37-31-22-23-33-38(45(55)48(43(33)53)29-18-14-27(15-19-29)40(50)25-8-3-1-4-9-25)34(31)24-35-39(37)46(56)49(44(35)54)30-20-16-28(17-21-30)41(51)26-10-5-2-6-11-26/h1-22,33-35,37-39,52H,23-24H2. The highest BCUT2D eigenvalue weighted by Gasteiger charge is 2.62. The van der Waals surface area contributed by atoms with Crippen molar-refractivity contribution in [3.63, 3.8) is 0 Å². The van der Waals surface area contributed by atoms with Crippen LogP contribution in [0.15, 0.2) is 139 Å². The first kappa shape index (κ1) is 34.9. The average Bonchev–Trinajstić information content (AvgIpc) is 3.64. The number of phenolic OH excluding ortho intramolecular Hbond substituents is 1. The zero-order valence-electron chi connectivity index (χ0n) is 29.7. The van der Waals surface area contributed by atoms with Crippen LogP contribution >= 0.6 is 0 Å². The number of hydrogen-bond acceptors (Lipinski definition) is 7. The molecule has 4 aliphatic rings. The van der Waals surface area contributed by atoms with Gasteiger partial charge in [-0.1, -0.05) is 84.4 Å². The average molecular weight is 745 g/mol. The van der Waals surface area contributed by atoms with E-state index in [0.29, 0.717) is 33.5 Å². The van der Waals surface area contributed by atoms with E-state index in [4.69, 9.17) is 0 Å². The van der Waals surface area contributed by atoms with E-state index in [9.17, 15) is 38.3 Å². The van der Waals surface area contributed by atoms with E-state index in [-0.39, 0.29) is 35.7 Å². The lowest BCUT2D eigenvalue weighted by atomic mass is 9.57. The third-order valence-electron chi connectivity index (χ3n) is 11.8. The minimum Gasteiger partial charge on any atom is -0.505 e. The second kappa shape index (κ2) is 13.5. The maximum atomic E-state index is 15.0. The van der Waals surface area contributed by atoms with Gasteiger partial charge in [-0.05, 0) is 73.4 Å². The predicted octanol–water partition coefficient (Wildman–Crippen LogP) is 7.04. The van der Waals surface area contributed by atoms with Crippen LogP contribution in [-0.2, 0) is 19.2 Å². The lowest BCUT2D eigenvalue weighted by Gasteiger charge is -2.44. The number of phenols is 1. The van der Waals surface area contributed by atoms with Gasteiger partial charge in [0.1, 0.15) is 0 Å². The van der Waals surface area contributed by atoms with E-state index in [1.165, 1.54) is 24.3 Å². The quantitative estimate of drug-likeness (QED) is 0.108. The fraction of sp³-hybridized carbons (Fsp3) is 0.174. The van der Waals surface area contributed by atoms with Crippen molar-refractivity contribution in [1.82, 2.24) is 0 Å². The number of halogens is 1. The first-order valence-electron chi connectivity index (χ1n) is 18.5. The molecule has 0 spiro atoms. The van der Waals surface area contributed by atoms with E-state index >= 15 is 0 Å². The number of fused-ring (bicyclic) bond motifs is 4. The van der Waals surface area contributed by atoms with Crippen LogP contribution < -0.4 is 9.80 Å². The molecule has 3 fully saturated rings. The van der Waals surface area contributed by atoms with Crippen LogP contribution in [0.4, 0.5) is 15.8 Å². The Balaban J connectivity index is 1.05. The summed E-state index contributed by atoms with van der Waals surface area (Å²) in [6.07, 6.45) is 2.06. The van der Waals surface area contributed by atoms with Gasteiger partial charge in [0.25, 0.3) is 0 Å². The van der Waals surface area contributed by atoms with Gasteiger partial charge >= 0.3 is 0 Å². The smallest absolute Gasteiger partial charge is 0.238 e. The Kier molecular flexibility index (Phi) is 8.41. The Bertz CT molecular complexity index is 2500. The first-order chi connectivity index (χ1) is 27.1. The molecule has 276 valence electrons. The highest BCUT2D eigenvalue weighted by atomic mass is 19.1. The van der Waals surface area contributed by atoms with Crippen LogP contribution in [0.5, 0.6) is 5.75 Å². The number of benzene rings is 5. The van der Waals surface area contributed by atoms with E-state index in [0.717, 1.165) is 15.9 Å². The Morgan fingerprint density at radius 2 is 1.02 bits per heavy atom. The van der Waals surface area contributed by atoms with Gasteiger partial charge in [-0.3, -0.25) is 38.6 Å². The molecular formula is C46H33FN2O7. The van der Waals surface area contributed by atoms with Crippen molar-refractivity contribution in [1.29, 1.82) is 0 Å². The SMILES string of the molecule is O=C(c1ccccc1)c1ccc(N2C(=O)C3CC=C4C(CC5C(=O)N(c6ccc(C(=O)c7ccccc7)cc6)C(=O)C5C4c4cccc(F)c4O)C3C2=O)cc1. The lowest BCUT2D eigenvalue weighted by Crippen LogP contribution is -2.43. The molecule has 5 aromatic rings. The van der Waals surface area contributed by atoms with Crippen molar-refractivity contribution >= 4 is 46.6 Å². The van der Waals surface area contributed by atoms with Gasteiger partial charge in [0, 0.05) is 33.7 Å². The number of para-hydroxylation sites is 1. The topological polar surface area (TPSA) is 129 Å². The van der Waals surface area contributed by atoms with Gasteiger partial charge in [-0.25, -0.2) is 4.39 Å². The molecule has 1 N–H and O–H groups in total. The second-order valence-corrected chi connectivity index (χ2v) is 14.7. The van der Waals surface area contributed by atoms with E-state index in [2.05, 4.69) is 0 Å². The largest absolute Gasteiger partial charge is 0.505 e. The maximum absolute atomic E-state index is 15.0. The molecule has 10 heteroatoms. The number of amides is 4. The molecular weight excluding hydrogens is 712 g/mol. The van der Waals surface area contributed by atoms with E-state index in [1.54, 1.807) is 91.0 Å². The number of rotatable bonds is 7. The van der Waals surface area contributed by atoms with Gasteiger partial charge in [0.15, 0.2) is 23.1 Å². The minimum absolute atomic E-state index is 0.0767. The highest BCUT2D eigenvalue weighted by Crippen LogP contribution is 2.59. The van der Waals surface area contributed by atoms with Gasteiger partial charge in [0.05, 0.1) is 35.0 Å². The summed E-state index contributed by atoms with van der Waals surface area (Å²) < 4.78 is 15.0. The van der Waals surface area contributed by atoms with Crippen LogP contribution in [0.1, 0.15) is 56.2 Å². The van der Waals surface area contributed by atoms with Crippen molar-refractivity contribution in [2.45, 2.75) is 18.8 Å². The van der Waals surface area contributed by atoms with Crippen molar-refractivity contribution in [2.75, 3.05) is 9.80 Å². The fourth-order valence-corrected chi connectivity index (χ4v) is 9.26. The van der Waals surface area contributed by atoms with Crippen molar-refractivity contribution in [3.05, 3.63) is 173 Å². The molecule has 0 radical (unpaired) electrons. The van der Waals surface area contributed by atoms with Crippen LogP contribution in [0.3, 0.4) is 0 Å². The number of ketones is 2. The lowest BCUT2D eigenvalue weighted by molar-refractivity contribution is -0.126. The monoisotopic (exact) mass is 744 g/mol. The van der Waals surface area contributed by atoms with Gasteiger partial charge in [0.2, 0.25) is 23.6 Å². The molecule has 2 aliphatic heterocycles. The number of hydrogen-bond donors (Lipinski definition) is 1. The molecule has 6 unspecified atom stereocenters. The third-order valence-corrected chi connectivity index (χ3v) is 11.8. The molecule has 6 atom stereocenters. The summed E-state index contributed by atoms with van der Waals surface area (Å²) in [6, 6.07) is 34.0. The number of anilines is 2. The van der Waals surface area contributed by atoms with Crippen molar-refractivity contribution < 1.29 is 38.3 Å². The molecule has 0 bridgehead atoms. The van der Waals surface area contributed by atoms with Crippen LogP contribution in [-0.4, -0.2) is 40.3 Å². The molecule has 5 aromatic carbocycles. The molecule has 2 aliphatic carbocycles. The van der Waals surface area contributed by atoms with Gasteiger partial charge in [-0.15, -0.1) is 0 Å². The van der Waals surface area contributed by atoms with Crippen LogP contribution in [0.25, 0.3) is 0 Å². The van der Waals surface area contributed by atoms with E-state index in [1.807, 2.05) is 12.1 Å². The number of aromatic hydroxyl groups is 1.